The van der Waals surface area contributed by atoms with Crippen molar-refractivity contribution in [1.82, 2.24) is 16.0 Å². The summed E-state index contributed by atoms with van der Waals surface area (Å²) in [6.45, 7) is 1.09. The monoisotopic (exact) mass is 358 g/mol. The normalized spacial score (nSPS) is 19.0. The Bertz CT molecular complexity index is 492. The average Bonchev–Trinajstić information content (AvgIpc) is 3.07. The predicted octanol–water partition coefficient (Wildman–Crippen LogP) is -1.60. The van der Waals surface area contributed by atoms with Gasteiger partial charge in [0, 0.05) is 0 Å². The molecular formula is C15H26N4O6. The van der Waals surface area contributed by atoms with Crippen LogP contribution in [0.2, 0.25) is 0 Å². The van der Waals surface area contributed by atoms with Gasteiger partial charge in [0.25, 0.3) is 0 Å². The maximum absolute atomic E-state index is 12.3. The molecule has 1 heterocycles. The van der Waals surface area contributed by atoms with Crippen LogP contribution >= 0.6 is 0 Å². The number of unbranched alkanes of at least 4 members (excludes halogenated alkanes) is 1. The van der Waals surface area contributed by atoms with Crippen LogP contribution in [0.3, 0.4) is 0 Å². The van der Waals surface area contributed by atoms with Gasteiger partial charge >= 0.3 is 11.9 Å². The third-order valence-electron chi connectivity index (χ3n) is 3.95. The maximum Gasteiger partial charge on any atom is 0.326 e. The molecule has 1 rings (SSSR count). The first-order valence-corrected chi connectivity index (χ1v) is 8.34. The van der Waals surface area contributed by atoms with Crippen LogP contribution < -0.4 is 21.7 Å². The zero-order valence-electron chi connectivity index (χ0n) is 14.0. The highest BCUT2D eigenvalue weighted by molar-refractivity contribution is 5.94. The third-order valence-corrected chi connectivity index (χ3v) is 3.95. The summed E-state index contributed by atoms with van der Waals surface area (Å²) in [5, 5.41) is 25.8. The first kappa shape index (κ1) is 20.8. The van der Waals surface area contributed by atoms with Crippen LogP contribution in [0.5, 0.6) is 0 Å². The van der Waals surface area contributed by atoms with Gasteiger partial charge in [0.2, 0.25) is 11.8 Å². The quantitative estimate of drug-likeness (QED) is 0.240. The van der Waals surface area contributed by atoms with E-state index in [9.17, 15) is 24.3 Å². The summed E-state index contributed by atoms with van der Waals surface area (Å²) >= 11 is 0. The van der Waals surface area contributed by atoms with Crippen LogP contribution in [0.4, 0.5) is 0 Å². The number of carbonyl (C=O) groups excluding carboxylic acids is 2. The molecule has 0 saturated carbocycles. The lowest BCUT2D eigenvalue weighted by molar-refractivity contribution is -0.143. The summed E-state index contributed by atoms with van der Waals surface area (Å²) in [5.74, 6) is -3.78. The smallest absolute Gasteiger partial charge is 0.326 e. The van der Waals surface area contributed by atoms with Gasteiger partial charge in [-0.05, 0) is 45.2 Å². The highest BCUT2D eigenvalue weighted by Gasteiger charge is 2.31. The first-order chi connectivity index (χ1) is 11.8. The first-order valence-electron chi connectivity index (χ1n) is 8.34. The summed E-state index contributed by atoms with van der Waals surface area (Å²) in [6, 6.07) is -2.95. The summed E-state index contributed by atoms with van der Waals surface area (Å²) in [4.78, 5) is 46.6. The van der Waals surface area contributed by atoms with Crippen molar-refractivity contribution in [2.75, 3.05) is 13.1 Å². The minimum atomic E-state index is -1.33. The van der Waals surface area contributed by atoms with Crippen LogP contribution in [-0.4, -0.2) is 65.2 Å². The van der Waals surface area contributed by atoms with Crippen LogP contribution in [0.1, 0.15) is 38.5 Å². The molecule has 0 aliphatic carbocycles. The van der Waals surface area contributed by atoms with Crippen molar-refractivity contribution in [1.29, 1.82) is 0 Å². The highest BCUT2D eigenvalue weighted by atomic mass is 16.4. The topological polar surface area (TPSA) is 171 Å². The molecule has 10 heteroatoms. The molecule has 0 aromatic rings. The van der Waals surface area contributed by atoms with E-state index in [2.05, 4.69) is 16.0 Å². The van der Waals surface area contributed by atoms with Crippen molar-refractivity contribution >= 4 is 23.8 Å². The van der Waals surface area contributed by atoms with Gasteiger partial charge in [-0.1, -0.05) is 0 Å². The van der Waals surface area contributed by atoms with Crippen molar-refractivity contribution in [3.63, 3.8) is 0 Å². The Morgan fingerprint density at radius 1 is 1.12 bits per heavy atom. The van der Waals surface area contributed by atoms with Gasteiger partial charge < -0.3 is 31.9 Å². The standard InChI is InChI=1S/C15H26N4O6/c16-6-2-1-4-10(15(24)25)18-14(23)11(8-12(20)21)19-13(22)9-5-3-7-17-9/h9-11,17H,1-8,16H2,(H,18,23)(H,19,22)(H,20,21)(H,24,25)/t9-,10-,11-/m0/s1. The molecule has 25 heavy (non-hydrogen) atoms. The molecule has 0 bridgehead atoms. The van der Waals surface area contributed by atoms with Gasteiger partial charge in [0.15, 0.2) is 0 Å². The third kappa shape index (κ3) is 7.48. The van der Waals surface area contributed by atoms with Gasteiger partial charge in [0.1, 0.15) is 12.1 Å². The molecule has 1 fully saturated rings. The van der Waals surface area contributed by atoms with Crippen LogP contribution in [0.25, 0.3) is 0 Å². The van der Waals surface area contributed by atoms with Crippen molar-refractivity contribution in [3.05, 3.63) is 0 Å². The van der Waals surface area contributed by atoms with E-state index < -0.39 is 48.3 Å². The number of aliphatic carboxylic acids is 2. The molecule has 0 radical (unpaired) electrons. The zero-order chi connectivity index (χ0) is 18.8. The Morgan fingerprint density at radius 2 is 1.84 bits per heavy atom. The van der Waals surface area contributed by atoms with Crippen molar-refractivity contribution in [3.8, 4) is 0 Å². The van der Waals surface area contributed by atoms with E-state index in [1.54, 1.807) is 0 Å². The fourth-order valence-corrected chi connectivity index (χ4v) is 2.59. The van der Waals surface area contributed by atoms with Crippen molar-refractivity contribution in [2.24, 2.45) is 5.73 Å². The number of carbonyl (C=O) groups is 4. The number of nitrogens with one attached hydrogen (secondary N) is 3. The van der Waals surface area contributed by atoms with Gasteiger partial charge in [-0.3, -0.25) is 14.4 Å². The van der Waals surface area contributed by atoms with Gasteiger partial charge in [-0.2, -0.15) is 0 Å². The molecule has 1 aliphatic rings. The molecule has 0 unspecified atom stereocenters. The lowest BCUT2D eigenvalue weighted by Gasteiger charge is -2.21. The van der Waals surface area contributed by atoms with E-state index in [0.29, 0.717) is 32.4 Å². The van der Waals surface area contributed by atoms with Crippen LogP contribution in [0.15, 0.2) is 0 Å². The van der Waals surface area contributed by atoms with Gasteiger partial charge in [-0.25, -0.2) is 4.79 Å². The number of carboxylic acid groups (broad SMARTS) is 2. The Hall–Kier alpha value is -2.20. The molecule has 0 spiro atoms. The van der Waals surface area contributed by atoms with E-state index in [1.807, 2.05) is 0 Å². The van der Waals surface area contributed by atoms with E-state index in [4.69, 9.17) is 10.8 Å². The van der Waals surface area contributed by atoms with E-state index in [0.717, 1.165) is 6.42 Å². The van der Waals surface area contributed by atoms with E-state index >= 15 is 0 Å². The fourth-order valence-electron chi connectivity index (χ4n) is 2.59. The van der Waals surface area contributed by atoms with Crippen molar-refractivity contribution in [2.45, 2.75) is 56.7 Å². The summed E-state index contributed by atoms with van der Waals surface area (Å²) < 4.78 is 0. The minimum Gasteiger partial charge on any atom is -0.481 e. The molecule has 1 aliphatic heterocycles. The van der Waals surface area contributed by atoms with E-state index in [1.165, 1.54) is 0 Å². The molecule has 0 aromatic carbocycles. The molecular weight excluding hydrogens is 332 g/mol. The summed E-state index contributed by atoms with van der Waals surface area (Å²) in [6.07, 6.45) is 2.09. The number of rotatable bonds is 11. The Labute approximate surface area is 145 Å². The van der Waals surface area contributed by atoms with E-state index in [-0.39, 0.29) is 6.42 Å². The Balaban J connectivity index is 2.68. The molecule has 2 amide bonds. The van der Waals surface area contributed by atoms with Crippen molar-refractivity contribution < 1.29 is 29.4 Å². The van der Waals surface area contributed by atoms with Crippen LogP contribution in [0, 0.1) is 0 Å². The molecule has 142 valence electrons. The van der Waals surface area contributed by atoms with Crippen LogP contribution in [-0.2, 0) is 19.2 Å². The lowest BCUT2D eigenvalue weighted by Crippen LogP contribution is -2.54. The zero-order valence-corrected chi connectivity index (χ0v) is 14.0. The predicted molar refractivity (Wildman–Crippen MR) is 87.7 cm³/mol. The molecule has 0 aromatic heterocycles. The molecule has 1 saturated heterocycles. The highest BCUT2D eigenvalue weighted by Crippen LogP contribution is 2.07. The minimum absolute atomic E-state index is 0.177. The number of carboxylic acids is 2. The number of amides is 2. The number of hydrogen-bond donors (Lipinski definition) is 6. The second-order valence-corrected chi connectivity index (χ2v) is 5.99. The van der Waals surface area contributed by atoms with Gasteiger partial charge in [0.05, 0.1) is 12.5 Å². The SMILES string of the molecule is NCCCC[C@H](NC(=O)[C@H](CC(=O)O)NC(=O)[C@@H]1CCCN1)C(=O)O. The lowest BCUT2D eigenvalue weighted by atomic mass is 10.1. The molecule has 10 nitrogen and oxygen atoms in total. The largest absolute Gasteiger partial charge is 0.481 e. The maximum atomic E-state index is 12.3. The Morgan fingerprint density at radius 3 is 2.36 bits per heavy atom. The fraction of sp³-hybridized carbons (Fsp3) is 0.733. The summed E-state index contributed by atoms with van der Waals surface area (Å²) in [7, 11) is 0. The second-order valence-electron chi connectivity index (χ2n) is 5.99. The Kier molecular flexibility index (Phi) is 8.86. The molecule has 7 N–H and O–H groups in total. The number of nitrogens with two attached hydrogens (primary N) is 1. The second kappa shape index (κ2) is 10.6. The molecule has 3 atom stereocenters. The average molecular weight is 358 g/mol. The number of hydrogen-bond acceptors (Lipinski definition) is 6. The summed E-state index contributed by atoms with van der Waals surface area (Å²) in [5.41, 5.74) is 5.36. The van der Waals surface area contributed by atoms with Gasteiger partial charge in [-0.15, -0.1) is 0 Å².